The van der Waals surface area contributed by atoms with Crippen LogP contribution in [0.4, 0.5) is 0 Å². The van der Waals surface area contributed by atoms with E-state index in [4.69, 9.17) is 15.0 Å². The molecule has 12 rings (SSSR count). The third kappa shape index (κ3) is 4.39. The topological polar surface area (TPSA) is 48.5 Å². The molecule has 0 aliphatic heterocycles. The van der Waals surface area contributed by atoms with Gasteiger partial charge in [-0.05, 0) is 22.9 Å². The highest BCUT2D eigenvalue weighted by Crippen LogP contribution is 2.49. The van der Waals surface area contributed by atoms with Crippen molar-refractivity contribution in [3.8, 4) is 34.4 Å². The molecule has 9 aromatic carbocycles. The van der Waals surface area contributed by atoms with Crippen LogP contribution in [0, 0.1) is 0 Å². The molecular weight excluding hydrogens is 683 g/mol. The van der Waals surface area contributed by atoms with Crippen LogP contribution >= 0.6 is 0 Å². The quantitative estimate of drug-likeness (QED) is 0.182. The summed E-state index contributed by atoms with van der Waals surface area (Å²) in [5.74, 6) is 1.83. The van der Waals surface area contributed by atoms with Gasteiger partial charge in [0.1, 0.15) is 0 Å². The molecule has 0 saturated carbocycles. The van der Waals surface area contributed by atoms with Gasteiger partial charge in [0.25, 0.3) is 0 Å². The zero-order valence-electron chi connectivity index (χ0n) is 30.1. The summed E-state index contributed by atoms with van der Waals surface area (Å²) in [6.07, 6.45) is 0. The number of nitrogens with zero attached hydrogens (tertiary/aromatic N) is 5. The molecule has 0 radical (unpaired) electrons. The summed E-state index contributed by atoms with van der Waals surface area (Å²) in [7, 11) is 0. The first-order valence-electron chi connectivity index (χ1n) is 19.0. The van der Waals surface area contributed by atoms with E-state index in [0.717, 1.165) is 54.8 Å². The van der Waals surface area contributed by atoms with Crippen molar-refractivity contribution in [1.82, 2.24) is 24.1 Å². The molecule has 12 aromatic rings. The summed E-state index contributed by atoms with van der Waals surface area (Å²) >= 11 is 0. The van der Waals surface area contributed by atoms with E-state index in [2.05, 4.69) is 161 Å². The molecule has 0 aliphatic rings. The minimum Gasteiger partial charge on any atom is -0.308 e. The van der Waals surface area contributed by atoms with E-state index >= 15 is 0 Å². The Bertz CT molecular complexity index is 3450. The Morgan fingerprint density at radius 2 is 0.696 bits per heavy atom. The van der Waals surface area contributed by atoms with E-state index in [9.17, 15) is 0 Å². The van der Waals surface area contributed by atoms with Crippen LogP contribution in [-0.2, 0) is 0 Å². The SMILES string of the molecule is c1ccc(-c2nc(-c3ccccc3)nc(-n3c4c5ccccc5ccc4c4c5c6ccc7ccccc7c6n(-c6ccccc6)c5c5ccccc5c43)n2)cc1. The highest BCUT2D eigenvalue weighted by molar-refractivity contribution is 6.40. The summed E-state index contributed by atoms with van der Waals surface area (Å²) in [5, 5.41) is 11.8. The van der Waals surface area contributed by atoms with Gasteiger partial charge in [-0.25, -0.2) is 4.98 Å². The second kappa shape index (κ2) is 11.9. The lowest BCUT2D eigenvalue weighted by Crippen LogP contribution is -2.07. The Hall–Kier alpha value is -7.63. The summed E-state index contributed by atoms with van der Waals surface area (Å²) in [5.41, 5.74) is 7.52. The van der Waals surface area contributed by atoms with Gasteiger partial charge in [-0.15, -0.1) is 0 Å². The number of hydrogen-bond donors (Lipinski definition) is 0. The van der Waals surface area contributed by atoms with Gasteiger partial charge < -0.3 is 4.57 Å². The Morgan fingerprint density at radius 1 is 0.286 bits per heavy atom. The maximum absolute atomic E-state index is 5.36. The van der Waals surface area contributed by atoms with Crippen molar-refractivity contribution in [2.45, 2.75) is 0 Å². The molecule has 5 nitrogen and oxygen atoms in total. The zero-order valence-corrected chi connectivity index (χ0v) is 30.1. The highest BCUT2D eigenvalue weighted by atomic mass is 15.2. The first-order valence-corrected chi connectivity index (χ1v) is 19.0. The summed E-state index contributed by atoms with van der Waals surface area (Å²) < 4.78 is 4.81. The molecule has 3 aromatic heterocycles. The standard InChI is InChI=1S/C51H31N5/c1-4-18-34(19-5-1)49-52-50(35-20-6-2-7-21-35)54-51(53-49)56-46-38-25-13-11-17-33(38)29-31-42(46)44-43-41-30-28-32-16-10-12-24-37(32)45(41)55(36-22-8-3-9-23-36)47(43)39-26-14-15-27-40(39)48(44)56/h1-31H. The maximum Gasteiger partial charge on any atom is 0.238 e. The van der Waals surface area contributed by atoms with Crippen LogP contribution < -0.4 is 0 Å². The van der Waals surface area contributed by atoms with E-state index in [1.165, 1.54) is 38.0 Å². The number of para-hydroxylation sites is 1. The Morgan fingerprint density at radius 3 is 1.21 bits per heavy atom. The summed E-state index contributed by atoms with van der Waals surface area (Å²) in [6.45, 7) is 0. The zero-order chi connectivity index (χ0) is 36.7. The second-order valence-electron chi connectivity index (χ2n) is 14.4. The molecule has 0 N–H and O–H groups in total. The van der Waals surface area contributed by atoms with Gasteiger partial charge in [-0.1, -0.05) is 176 Å². The van der Waals surface area contributed by atoms with Crippen molar-refractivity contribution in [2.24, 2.45) is 0 Å². The maximum atomic E-state index is 5.36. The monoisotopic (exact) mass is 713 g/mol. The largest absolute Gasteiger partial charge is 0.308 e. The van der Waals surface area contributed by atoms with Crippen molar-refractivity contribution in [3.63, 3.8) is 0 Å². The van der Waals surface area contributed by atoms with E-state index < -0.39 is 0 Å². The Kier molecular flexibility index (Phi) is 6.56. The summed E-state index contributed by atoms with van der Waals surface area (Å²) in [4.78, 5) is 15.8. The van der Waals surface area contributed by atoms with Gasteiger partial charge in [0, 0.05) is 59.9 Å². The van der Waals surface area contributed by atoms with E-state index in [0.29, 0.717) is 17.6 Å². The van der Waals surface area contributed by atoms with Gasteiger partial charge >= 0.3 is 0 Å². The molecule has 0 bridgehead atoms. The first-order chi connectivity index (χ1) is 27.8. The third-order valence-electron chi connectivity index (χ3n) is 11.3. The van der Waals surface area contributed by atoms with Crippen molar-refractivity contribution in [1.29, 1.82) is 0 Å². The van der Waals surface area contributed by atoms with Crippen LogP contribution in [0.3, 0.4) is 0 Å². The second-order valence-corrected chi connectivity index (χ2v) is 14.4. The van der Waals surface area contributed by atoms with E-state index in [1.807, 2.05) is 36.4 Å². The molecule has 0 fully saturated rings. The lowest BCUT2D eigenvalue weighted by Gasteiger charge is -2.14. The van der Waals surface area contributed by atoms with Crippen LogP contribution in [0.5, 0.6) is 0 Å². The lowest BCUT2D eigenvalue weighted by atomic mass is 9.97. The molecule has 5 heteroatoms. The highest BCUT2D eigenvalue weighted by Gasteiger charge is 2.27. The van der Waals surface area contributed by atoms with Crippen molar-refractivity contribution < 1.29 is 0 Å². The van der Waals surface area contributed by atoms with Crippen LogP contribution in [0.1, 0.15) is 0 Å². The first kappa shape index (κ1) is 30.8. The molecule has 0 saturated heterocycles. The predicted molar refractivity (Wildman–Crippen MR) is 232 cm³/mol. The number of fused-ring (bicyclic) bond motifs is 14. The lowest BCUT2D eigenvalue weighted by molar-refractivity contribution is 0.957. The molecular formula is C51H31N5. The van der Waals surface area contributed by atoms with Crippen molar-refractivity contribution >= 4 is 75.9 Å². The Balaban J connectivity index is 1.36. The minimum absolute atomic E-state index is 0.579. The van der Waals surface area contributed by atoms with Gasteiger partial charge in [0.15, 0.2) is 11.6 Å². The molecule has 56 heavy (non-hydrogen) atoms. The van der Waals surface area contributed by atoms with E-state index in [-0.39, 0.29) is 0 Å². The molecule has 0 aliphatic carbocycles. The number of hydrogen-bond acceptors (Lipinski definition) is 3. The Labute approximate surface area is 321 Å². The predicted octanol–water partition coefficient (Wildman–Crippen LogP) is 12.9. The average molecular weight is 714 g/mol. The van der Waals surface area contributed by atoms with Gasteiger partial charge in [0.05, 0.1) is 22.1 Å². The van der Waals surface area contributed by atoms with E-state index in [1.54, 1.807) is 0 Å². The fourth-order valence-electron chi connectivity index (χ4n) is 8.94. The van der Waals surface area contributed by atoms with Crippen LogP contribution in [0.15, 0.2) is 188 Å². The molecule has 0 amide bonds. The number of rotatable bonds is 4. The molecule has 0 spiro atoms. The molecule has 260 valence electrons. The molecule has 0 atom stereocenters. The van der Waals surface area contributed by atoms with Crippen LogP contribution in [0.25, 0.3) is 110 Å². The van der Waals surface area contributed by atoms with Gasteiger partial charge in [0.2, 0.25) is 5.95 Å². The molecule has 3 heterocycles. The van der Waals surface area contributed by atoms with Gasteiger partial charge in [-0.2, -0.15) is 9.97 Å². The number of aromatic nitrogens is 5. The van der Waals surface area contributed by atoms with Crippen LogP contribution in [-0.4, -0.2) is 24.1 Å². The third-order valence-corrected chi connectivity index (χ3v) is 11.3. The average Bonchev–Trinajstić information content (AvgIpc) is 3.82. The van der Waals surface area contributed by atoms with Crippen LogP contribution in [0.2, 0.25) is 0 Å². The normalized spacial score (nSPS) is 11.9. The van der Waals surface area contributed by atoms with Crippen molar-refractivity contribution in [2.75, 3.05) is 0 Å². The van der Waals surface area contributed by atoms with Gasteiger partial charge in [-0.3, -0.25) is 4.57 Å². The fourth-order valence-corrected chi connectivity index (χ4v) is 8.94. The van der Waals surface area contributed by atoms with Crippen molar-refractivity contribution in [3.05, 3.63) is 188 Å². The minimum atomic E-state index is 0.579. The molecule has 0 unspecified atom stereocenters. The smallest absolute Gasteiger partial charge is 0.238 e. The fraction of sp³-hybridized carbons (Fsp3) is 0. The number of benzene rings is 9. The summed E-state index contributed by atoms with van der Waals surface area (Å²) in [6, 6.07) is 66.6.